The molecule has 0 bridgehead atoms. The highest BCUT2D eigenvalue weighted by molar-refractivity contribution is 5.95. The fourth-order valence-electron chi connectivity index (χ4n) is 3.03. The number of hydrogen-bond donors (Lipinski definition) is 2. The summed E-state index contributed by atoms with van der Waals surface area (Å²) in [6, 6.07) is 19.9. The molecule has 1 aromatic heterocycles. The Balaban J connectivity index is 1.30. The maximum Gasteiger partial charge on any atom is 0.279 e. The SMILES string of the molecule is CC(Oc1ccc(F)cc1)C(=O)NNC(=O)c1ccc(Cn2nnc3ccccc32)cc1. The van der Waals surface area contributed by atoms with Crippen molar-refractivity contribution in [2.45, 2.75) is 19.6 Å². The summed E-state index contributed by atoms with van der Waals surface area (Å²) in [5, 5.41) is 8.28. The van der Waals surface area contributed by atoms with Crippen LogP contribution in [0.25, 0.3) is 11.0 Å². The average Bonchev–Trinajstić information content (AvgIpc) is 3.22. The number of rotatable bonds is 6. The van der Waals surface area contributed by atoms with E-state index in [0.717, 1.165) is 16.6 Å². The van der Waals surface area contributed by atoms with Gasteiger partial charge in [0.2, 0.25) is 0 Å². The van der Waals surface area contributed by atoms with Crippen LogP contribution in [-0.2, 0) is 11.3 Å². The minimum absolute atomic E-state index is 0.344. The van der Waals surface area contributed by atoms with E-state index in [0.29, 0.717) is 17.9 Å². The number of carbonyl (C=O) groups excluding carboxylic acids is 2. The van der Waals surface area contributed by atoms with Gasteiger partial charge in [0.05, 0.1) is 12.1 Å². The lowest BCUT2D eigenvalue weighted by Gasteiger charge is -2.15. The standard InChI is InChI=1S/C23H20FN5O3/c1-15(32-19-12-10-18(24)11-13-19)22(30)26-27-23(31)17-8-6-16(7-9-17)14-29-21-5-3-2-4-20(21)25-28-29/h2-13,15H,14H2,1H3,(H,26,30)(H,27,31). The number of carbonyl (C=O) groups is 2. The minimum atomic E-state index is -0.888. The van der Waals surface area contributed by atoms with Crippen LogP contribution in [0.15, 0.2) is 72.8 Å². The highest BCUT2D eigenvalue weighted by Gasteiger charge is 2.16. The van der Waals surface area contributed by atoms with Crippen molar-refractivity contribution in [1.82, 2.24) is 25.8 Å². The van der Waals surface area contributed by atoms with Gasteiger partial charge in [-0.3, -0.25) is 20.4 Å². The Hall–Kier alpha value is -4.27. The van der Waals surface area contributed by atoms with E-state index in [-0.39, 0.29) is 0 Å². The molecule has 4 aromatic rings. The third-order valence-corrected chi connectivity index (χ3v) is 4.76. The molecule has 0 fully saturated rings. The molecule has 0 aliphatic heterocycles. The number of nitrogens with one attached hydrogen (secondary N) is 2. The highest BCUT2D eigenvalue weighted by Crippen LogP contribution is 2.14. The molecule has 0 saturated heterocycles. The Morgan fingerprint density at radius 3 is 2.47 bits per heavy atom. The molecule has 2 N–H and O–H groups in total. The summed E-state index contributed by atoms with van der Waals surface area (Å²) in [4.78, 5) is 24.5. The van der Waals surface area contributed by atoms with Crippen molar-refractivity contribution in [3.05, 3.63) is 89.7 Å². The quantitative estimate of drug-likeness (QED) is 0.456. The Morgan fingerprint density at radius 2 is 1.72 bits per heavy atom. The molecule has 1 atom stereocenters. The lowest BCUT2D eigenvalue weighted by atomic mass is 10.1. The smallest absolute Gasteiger partial charge is 0.279 e. The van der Waals surface area contributed by atoms with Crippen molar-refractivity contribution < 1.29 is 18.7 Å². The van der Waals surface area contributed by atoms with Crippen molar-refractivity contribution >= 4 is 22.8 Å². The van der Waals surface area contributed by atoms with Gasteiger partial charge in [0.15, 0.2) is 6.10 Å². The maximum atomic E-state index is 12.9. The van der Waals surface area contributed by atoms with Crippen LogP contribution in [0.4, 0.5) is 4.39 Å². The Labute approximate surface area is 183 Å². The minimum Gasteiger partial charge on any atom is -0.481 e. The van der Waals surface area contributed by atoms with E-state index >= 15 is 0 Å². The van der Waals surface area contributed by atoms with Gasteiger partial charge >= 0.3 is 0 Å². The summed E-state index contributed by atoms with van der Waals surface area (Å²) < 4.78 is 20.2. The van der Waals surface area contributed by atoms with Gasteiger partial charge in [-0.15, -0.1) is 5.10 Å². The van der Waals surface area contributed by atoms with Crippen LogP contribution in [0.1, 0.15) is 22.8 Å². The van der Waals surface area contributed by atoms with Gasteiger partial charge in [-0.05, 0) is 61.0 Å². The highest BCUT2D eigenvalue weighted by atomic mass is 19.1. The third-order valence-electron chi connectivity index (χ3n) is 4.76. The van der Waals surface area contributed by atoms with Crippen LogP contribution in [0.2, 0.25) is 0 Å². The van der Waals surface area contributed by atoms with Crippen molar-refractivity contribution in [1.29, 1.82) is 0 Å². The number of nitrogens with zero attached hydrogens (tertiary/aromatic N) is 3. The van der Waals surface area contributed by atoms with Crippen LogP contribution >= 0.6 is 0 Å². The van der Waals surface area contributed by atoms with Gasteiger partial charge in [0, 0.05) is 5.56 Å². The first kappa shape index (κ1) is 21.0. The summed E-state index contributed by atoms with van der Waals surface area (Å²) in [5.74, 6) is -1.07. The summed E-state index contributed by atoms with van der Waals surface area (Å²) in [5.41, 5.74) is 7.75. The summed E-state index contributed by atoms with van der Waals surface area (Å²) in [7, 11) is 0. The first-order chi connectivity index (χ1) is 15.5. The summed E-state index contributed by atoms with van der Waals surface area (Å²) in [6.07, 6.45) is -0.888. The third kappa shape index (κ3) is 4.89. The molecular weight excluding hydrogens is 413 g/mol. The monoisotopic (exact) mass is 433 g/mol. The lowest BCUT2D eigenvalue weighted by molar-refractivity contribution is -0.128. The van der Waals surface area contributed by atoms with Gasteiger partial charge in [0.1, 0.15) is 17.1 Å². The van der Waals surface area contributed by atoms with E-state index in [1.807, 2.05) is 36.4 Å². The second kappa shape index (κ2) is 9.25. The first-order valence-corrected chi connectivity index (χ1v) is 9.89. The number of hydrazine groups is 1. The Morgan fingerprint density at radius 1 is 1.00 bits per heavy atom. The maximum absolute atomic E-state index is 12.9. The molecule has 1 heterocycles. The zero-order chi connectivity index (χ0) is 22.5. The number of para-hydroxylation sites is 1. The molecule has 1 unspecified atom stereocenters. The van der Waals surface area contributed by atoms with Gasteiger partial charge < -0.3 is 4.74 Å². The Bertz CT molecular complexity index is 1240. The van der Waals surface area contributed by atoms with Crippen LogP contribution < -0.4 is 15.6 Å². The van der Waals surface area contributed by atoms with Crippen LogP contribution in [0.3, 0.4) is 0 Å². The van der Waals surface area contributed by atoms with Gasteiger partial charge in [-0.1, -0.05) is 29.5 Å². The van der Waals surface area contributed by atoms with Crippen LogP contribution in [0, 0.1) is 5.82 Å². The number of amides is 2. The van der Waals surface area contributed by atoms with E-state index in [9.17, 15) is 14.0 Å². The lowest BCUT2D eigenvalue weighted by Crippen LogP contribution is -2.47. The van der Waals surface area contributed by atoms with E-state index in [2.05, 4.69) is 21.2 Å². The van der Waals surface area contributed by atoms with E-state index in [1.54, 1.807) is 16.8 Å². The van der Waals surface area contributed by atoms with Gasteiger partial charge in [-0.25, -0.2) is 9.07 Å². The number of hydrogen-bond acceptors (Lipinski definition) is 5. The molecular formula is C23H20FN5O3. The summed E-state index contributed by atoms with van der Waals surface area (Å²) in [6.45, 7) is 2.03. The van der Waals surface area contributed by atoms with Gasteiger partial charge in [-0.2, -0.15) is 0 Å². The molecule has 0 aliphatic carbocycles. The predicted octanol–water partition coefficient (Wildman–Crippen LogP) is 2.85. The second-order valence-electron chi connectivity index (χ2n) is 7.09. The fraction of sp³-hybridized carbons (Fsp3) is 0.130. The molecule has 3 aromatic carbocycles. The Kier molecular flexibility index (Phi) is 6.07. The predicted molar refractivity (Wildman–Crippen MR) is 115 cm³/mol. The molecule has 0 radical (unpaired) electrons. The number of fused-ring (bicyclic) bond motifs is 1. The van der Waals surface area contributed by atoms with E-state index in [4.69, 9.17) is 4.74 Å². The second-order valence-corrected chi connectivity index (χ2v) is 7.09. The topological polar surface area (TPSA) is 98.1 Å². The number of ether oxygens (including phenoxy) is 1. The average molecular weight is 433 g/mol. The van der Waals surface area contributed by atoms with Crippen LogP contribution in [0.5, 0.6) is 5.75 Å². The number of halogens is 1. The normalized spacial score (nSPS) is 11.7. The van der Waals surface area contributed by atoms with Crippen molar-refractivity contribution in [2.24, 2.45) is 0 Å². The zero-order valence-electron chi connectivity index (χ0n) is 17.2. The molecule has 8 nitrogen and oxygen atoms in total. The van der Waals surface area contributed by atoms with Crippen molar-refractivity contribution in [3.63, 3.8) is 0 Å². The molecule has 0 saturated carbocycles. The number of benzene rings is 3. The van der Waals surface area contributed by atoms with Crippen molar-refractivity contribution in [2.75, 3.05) is 0 Å². The first-order valence-electron chi connectivity index (χ1n) is 9.89. The molecule has 9 heteroatoms. The molecule has 2 amide bonds. The molecule has 162 valence electrons. The van der Waals surface area contributed by atoms with Crippen molar-refractivity contribution in [3.8, 4) is 5.75 Å². The largest absolute Gasteiger partial charge is 0.481 e. The summed E-state index contributed by atoms with van der Waals surface area (Å²) >= 11 is 0. The van der Waals surface area contributed by atoms with Gasteiger partial charge in [0.25, 0.3) is 11.8 Å². The van der Waals surface area contributed by atoms with E-state index in [1.165, 1.54) is 31.2 Å². The molecule has 0 spiro atoms. The fourth-order valence-corrected chi connectivity index (χ4v) is 3.03. The van der Waals surface area contributed by atoms with Crippen LogP contribution in [-0.4, -0.2) is 32.9 Å². The molecule has 0 aliphatic rings. The zero-order valence-corrected chi connectivity index (χ0v) is 17.2. The number of aromatic nitrogens is 3. The van der Waals surface area contributed by atoms with E-state index < -0.39 is 23.7 Å². The molecule has 32 heavy (non-hydrogen) atoms. The molecule has 4 rings (SSSR count).